The minimum atomic E-state index is -2.98. The number of pyridine rings is 2. The zero-order valence-corrected chi connectivity index (χ0v) is 20.1. The Labute approximate surface area is 221 Å². The Hall–Kier alpha value is -4.83. The van der Waals surface area contributed by atoms with Crippen LogP contribution in [-0.4, -0.2) is 25.0 Å². The van der Waals surface area contributed by atoms with Crippen LogP contribution in [0.15, 0.2) is 61.1 Å². The molecular weight excluding hydrogens is 543 g/mol. The molecule has 0 fully saturated rings. The van der Waals surface area contributed by atoms with Gasteiger partial charge in [-0.15, -0.1) is 4.80 Å². The first-order chi connectivity index (χ1) is 18.7. The van der Waals surface area contributed by atoms with E-state index < -0.39 is 30.2 Å². The molecule has 3 aromatic heterocycles. The van der Waals surface area contributed by atoms with Gasteiger partial charge in [-0.2, -0.15) is 28.6 Å². The molecule has 39 heavy (non-hydrogen) atoms. The normalized spacial score (nSPS) is 11.9. The molecule has 0 saturated heterocycles. The fraction of sp³-hybridized carbons (Fsp3) is 0.0800. The van der Waals surface area contributed by atoms with Crippen LogP contribution < -0.4 is 10.6 Å². The first kappa shape index (κ1) is 25.8. The van der Waals surface area contributed by atoms with Crippen LogP contribution in [0.3, 0.4) is 0 Å². The molecule has 2 N–H and O–H groups in total. The lowest BCUT2D eigenvalue weighted by Gasteiger charge is -2.21. The van der Waals surface area contributed by atoms with Crippen LogP contribution in [0.5, 0.6) is 0 Å². The molecule has 0 saturated carbocycles. The maximum absolute atomic E-state index is 13.8. The predicted octanol–water partition coefficient (Wildman–Crippen LogP) is 6.50. The van der Waals surface area contributed by atoms with Crippen molar-refractivity contribution in [3.63, 3.8) is 0 Å². The Morgan fingerprint density at radius 3 is 2.41 bits per heavy atom. The summed E-state index contributed by atoms with van der Waals surface area (Å²) in [6, 6.07) is 10.3. The van der Waals surface area contributed by atoms with Gasteiger partial charge < -0.3 is 10.6 Å². The van der Waals surface area contributed by atoms with E-state index in [9.17, 15) is 27.2 Å². The van der Waals surface area contributed by atoms with Gasteiger partial charge in [0.05, 0.1) is 46.6 Å². The molecule has 3 heterocycles. The summed E-state index contributed by atoms with van der Waals surface area (Å²) >= 11 is 6.40. The highest BCUT2D eigenvalue weighted by Crippen LogP contribution is 2.37. The summed E-state index contributed by atoms with van der Waals surface area (Å²) in [6.45, 7) is -2.98. The number of anilines is 3. The van der Waals surface area contributed by atoms with Gasteiger partial charge in [0.25, 0.3) is 0 Å². The van der Waals surface area contributed by atoms with Crippen molar-refractivity contribution in [2.24, 2.45) is 0 Å². The van der Waals surface area contributed by atoms with Crippen molar-refractivity contribution in [1.29, 1.82) is 5.26 Å². The summed E-state index contributed by atoms with van der Waals surface area (Å²) in [6.07, 6.45) is 3.45. The van der Waals surface area contributed by atoms with Crippen molar-refractivity contribution in [3.8, 4) is 6.07 Å². The van der Waals surface area contributed by atoms with Crippen LogP contribution in [0, 0.1) is 28.9 Å². The first-order valence-corrected chi connectivity index (χ1v) is 11.4. The fourth-order valence-corrected chi connectivity index (χ4v) is 4.10. The number of nitrogens with zero attached hydrogens (tertiary/aromatic N) is 6. The summed E-state index contributed by atoms with van der Waals surface area (Å²) in [5, 5.41) is 23.6. The number of nitriles is 1. The van der Waals surface area contributed by atoms with Crippen molar-refractivity contribution >= 4 is 39.6 Å². The molecule has 5 aromatic rings. The summed E-state index contributed by atoms with van der Waals surface area (Å²) < 4.78 is 67.1. The quantitative estimate of drug-likeness (QED) is 0.174. The van der Waals surface area contributed by atoms with E-state index >= 15 is 0 Å². The van der Waals surface area contributed by atoms with Gasteiger partial charge in [0, 0.05) is 22.7 Å². The first-order valence-electron chi connectivity index (χ1n) is 11.1. The molecule has 2 aromatic carbocycles. The second kappa shape index (κ2) is 10.5. The number of rotatable bonds is 7. The number of benzene rings is 2. The van der Waals surface area contributed by atoms with Crippen molar-refractivity contribution in [3.05, 3.63) is 100 Å². The second-order valence-electron chi connectivity index (χ2n) is 8.13. The van der Waals surface area contributed by atoms with Gasteiger partial charge in [-0.05, 0) is 29.8 Å². The number of aromatic nitrogens is 5. The molecule has 196 valence electrons. The molecule has 0 aliphatic heterocycles. The van der Waals surface area contributed by atoms with Gasteiger partial charge in [0.1, 0.15) is 17.6 Å². The van der Waals surface area contributed by atoms with Crippen LogP contribution in [0.2, 0.25) is 5.02 Å². The lowest BCUT2D eigenvalue weighted by molar-refractivity contribution is 0.0409. The standard InChI is InChI=1S/C25H14ClF5N8/c26-14-5-17-21(36-16-7-18(28)24(29)34-10-16)13(8-32)9-33-23(17)19(6-14)37-22(12-1-3-15(27)4-2-12)20-11-35-39(38-20)25(30)31/h1-7,9-11,22,25,37H,(H,33,36)/t22-/m0/s1. The van der Waals surface area contributed by atoms with Gasteiger partial charge in [-0.3, -0.25) is 4.98 Å². The Morgan fingerprint density at radius 1 is 0.974 bits per heavy atom. The van der Waals surface area contributed by atoms with E-state index in [1.807, 2.05) is 6.07 Å². The molecule has 14 heteroatoms. The molecular formula is C25H14ClF5N8. The van der Waals surface area contributed by atoms with Crippen LogP contribution >= 0.6 is 11.6 Å². The Balaban J connectivity index is 1.63. The zero-order chi connectivity index (χ0) is 27.7. The number of halogens is 6. The molecule has 0 bridgehead atoms. The van der Waals surface area contributed by atoms with Crippen molar-refractivity contribution < 1.29 is 22.0 Å². The molecule has 0 unspecified atom stereocenters. The van der Waals surface area contributed by atoms with Crippen LogP contribution in [0.25, 0.3) is 10.9 Å². The van der Waals surface area contributed by atoms with E-state index in [-0.39, 0.29) is 38.0 Å². The van der Waals surface area contributed by atoms with E-state index in [1.165, 1.54) is 42.6 Å². The summed E-state index contributed by atoms with van der Waals surface area (Å²) in [5.74, 6) is -2.99. The number of fused-ring (bicyclic) bond motifs is 1. The van der Waals surface area contributed by atoms with E-state index in [0.29, 0.717) is 16.6 Å². The zero-order valence-electron chi connectivity index (χ0n) is 19.4. The van der Waals surface area contributed by atoms with E-state index in [4.69, 9.17) is 11.6 Å². The van der Waals surface area contributed by atoms with Gasteiger partial charge >= 0.3 is 6.55 Å². The molecule has 0 radical (unpaired) electrons. The lowest BCUT2D eigenvalue weighted by atomic mass is 10.0. The maximum Gasteiger partial charge on any atom is 0.348 e. The van der Waals surface area contributed by atoms with Crippen molar-refractivity contribution in [2.75, 3.05) is 10.6 Å². The van der Waals surface area contributed by atoms with Crippen LogP contribution in [0.1, 0.15) is 29.4 Å². The average Bonchev–Trinajstić information content (AvgIpc) is 3.41. The molecule has 1 atom stereocenters. The second-order valence-corrected chi connectivity index (χ2v) is 8.56. The molecule has 0 amide bonds. The largest absolute Gasteiger partial charge is 0.371 e. The average molecular weight is 557 g/mol. The smallest absolute Gasteiger partial charge is 0.348 e. The molecule has 0 spiro atoms. The van der Waals surface area contributed by atoms with E-state index in [0.717, 1.165) is 18.5 Å². The molecule has 5 rings (SSSR count). The third kappa shape index (κ3) is 5.27. The van der Waals surface area contributed by atoms with Gasteiger partial charge in [0.15, 0.2) is 5.82 Å². The van der Waals surface area contributed by atoms with Crippen molar-refractivity contribution in [1.82, 2.24) is 25.0 Å². The minimum Gasteiger partial charge on any atom is -0.371 e. The topological polar surface area (TPSA) is 104 Å². The monoisotopic (exact) mass is 556 g/mol. The van der Waals surface area contributed by atoms with Gasteiger partial charge in [-0.1, -0.05) is 23.7 Å². The number of alkyl halides is 2. The highest BCUT2D eigenvalue weighted by molar-refractivity contribution is 6.32. The molecule has 8 nitrogen and oxygen atoms in total. The predicted molar refractivity (Wildman–Crippen MR) is 132 cm³/mol. The highest BCUT2D eigenvalue weighted by Gasteiger charge is 2.23. The van der Waals surface area contributed by atoms with Crippen molar-refractivity contribution in [2.45, 2.75) is 12.6 Å². The van der Waals surface area contributed by atoms with E-state index in [1.54, 1.807) is 0 Å². The SMILES string of the molecule is N#Cc1cnc2c(N[C@@H](c3ccc(F)cc3)c3cnn(C(F)F)n3)cc(Cl)cc2c1Nc1cnc(F)c(F)c1. The number of hydrogen-bond acceptors (Lipinski definition) is 7. The van der Waals surface area contributed by atoms with Gasteiger partial charge in [-0.25, -0.2) is 13.8 Å². The maximum atomic E-state index is 13.8. The third-order valence-corrected chi connectivity index (χ3v) is 5.84. The Kier molecular flexibility index (Phi) is 6.95. The fourth-order valence-electron chi connectivity index (χ4n) is 3.88. The molecule has 0 aliphatic carbocycles. The lowest BCUT2D eigenvalue weighted by Crippen LogP contribution is -2.15. The Morgan fingerprint density at radius 2 is 1.74 bits per heavy atom. The summed E-state index contributed by atoms with van der Waals surface area (Å²) in [4.78, 5) is 7.93. The minimum absolute atomic E-state index is 0.0557. The van der Waals surface area contributed by atoms with E-state index in [2.05, 4.69) is 30.8 Å². The van der Waals surface area contributed by atoms with Crippen LogP contribution in [0.4, 0.5) is 39.0 Å². The molecule has 0 aliphatic rings. The summed E-state index contributed by atoms with van der Waals surface area (Å²) in [5.41, 5.74) is 1.44. The highest BCUT2D eigenvalue weighted by atomic mass is 35.5. The third-order valence-electron chi connectivity index (χ3n) is 5.62. The summed E-state index contributed by atoms with van der Waals surface area (Å²) in [7, 11) is 0. The number of nitrogens with one attached hydrogen (secondary N) is 2. The Bertz CT molecular complexity index is 1720. The van der Waals surface area contributed by atoms with Gasteiger partial charge in [0.2, 0.25) is 5.95 Å². The van der Waals surface area contributed by atoms with Crippen LogP contribution in [-0.2, 0) is 0 Å². The number of hydrogen-bond donors (Lipinski definition) is 2.